The van der Waals surface area contributed by atoms with Crippen molar-refractivity contribution >= 4 is 33.3 Å². The number of hydrogen-bond acceptors (Lipinski definition) is 5. The molecule has 4 aliphatic carbocycles. The number of nitrogens with zero attached hydrogens (tertiary/aromatic N) is 1. The summed E-state index contributed by atoms with van der Waals surface area (Å²) in [6.45, 7) is 0.455. The minimum absolute atomic E-state index is 0.103. The predicted molar refractivity (Wildman–Crippen MR) is 118 cm³/mol. The monoisotopic (exact) mass is 439 g/mol. The molecule has 7 rings (SSSR count). The lowest BCUT2D eigenvalue weighted by molar-refractivity contribution is -0.166. The summed E-state index contributed by atoms with van der Waals surface area (Å²) in [7, 11) is 0. The molecule has 1 saturated heterocycles. The first-order chi connectivity index (χ1) is 15.0. The topological polar surface area (TPSA) is 66.8 Å². The number of likely N-dealkylation sites (tertiary alicyclic amines) is 1. The number of carbonyl (C=O) groups is 2. The van der Waals surface area contributed by atoms with E-state index in [9.17, 15) is 14.7 Å². The van der Waals surface area contributed by atoms with Gasteiger partial charge in [-0.1, -0.05) is 18.2 Å². The van der Waals surface area contributed by atoms with E-state index in [0.717, 1.165) is 30.2 Å². The van der Waals surface area contributed by atoms with Crippen LogP contribution in [0, 0.1) is 23.2 Å². The Morgan fingerprint density at radius 2 is 1.74 bits per heavy atom. The third-order valence-electron chi connectivity index (χ3n) is 8.23. The van der Waals surface area contributed by atoms with Gasteiger partial charge in [0.2, 0.25) is 5.91 Å². The number of hydrogen-bond donors (Lipinski definition) is 1. The number of rotatable bonds is 4. The lowest BCUT2D eigenvalue weighted by Crippen LogP contribution is -2.56. The van der Waals surface area contributed by atoms with Gasteiger partial charge in [0.1, 0.15) is 12.6 Å². The quantitative estimate of drug-likeness (QED) is 0.728. The predicted octanol–water partition coefficient (Wildman–Crippen LogP) is 4.12. The van der Waals surface area contributed by atoms with Gasteiger partial charge in [0.25, 0.3) is 0 Å². The molecule has 5 fully saturated rings. The van der Waals surface area contributed by atoms with Crippen LogP contribution in [0.15, 0.2) is 29.6 Å². The molecule has 1 amide bonds. The molecule has 2 atom stereocenters. The summed E-state index contributed by atoms with van der Waals surface area (Å²) in [5, 5.41) is 13.5. The molecule has 1 aromatic carbocycles. The van der Waals surface area contributed by atoms with Gasteiger partial charge in [0.05, 0.1) is 11.5 Å². The van der Waals surface area contributed by atoms with E-state index < -0.39 is 12.1 Å². The van der Waals surface area contributed by atoms with Crippen molar-refractivity contribution in [2.24, 2.45) is 23.2 Å². The Kier molecular flexibility index (Phi) is 4.65. The average Bonchev–Trinajstić information content (AvgIpc) is 3.34. The molecule has 2 aromatic rings. The molecule has 1 unspecified atom stereocenters. The van der Waals surface area contributed by atoms with Gasteiger partial charge in [0, 0.05) is 23.2 Å². The molecule has 4 bridgehead atoms. The molecule has 0 radical (unpaired) electrons. The fraction of sp³-hybridized carbons (Fsp3) is 0.600. The first kappa shape index (κ1) is 19.7. The van der Waals surface area contributed by atoms with E-state index in [-0.39, 0.29) is 36.9 Å². The molecule has 6 heteroatoms. The van der Waals surface area contributed by atoms with E-state index in [1.165, 1.54) is 24.0 Å². The largest absolute Gasteiger partial charge is 0.459 e. The van der Waals surface area contributed by atoms with Crippen LogP contribution in [0.3, 0.4) is 0 Å². The van der Waals surface area contributed by atoms with Crippen molar-refractivity contribution in [2.75, 3.05) is 6.54 Å². The van der Waals surface area contributed by atoms with Gasteiger partial charge in [-0.05, 0) is 73.1 Å². The maximum Gasteiger partial charge on any atom is 0.329 e. The Labute approximate surface area is 186 Å². The number of carbonyl (C=O) groups excluding carboxylic acids is 2. The summed E-state index contributed by atoms with van der Waals surface area (Å²) in [4.78, 5) is 28.5. The highest BCUT2D eigenvalue weighted by Gasteiger charge is 2.57. The highest BCUT2D eigenvalue weighted by Crippen LogP contribution is 2.60. The van der Waals surface area contributed by atoms with Crippen molar-refractivity contribution < 1.29 is 19.4 Å². The number of benzene rings is 1. The van der Waals surface area contributed by atoms with Gasteiger partial charge in [-0.3, -0.25) is 4.79 Å². The minimum atomic E-state index is -0.666. The Bertz CT molecular complexity index is 994. The van der Waals surface area contributed by atoms with Crippen molar-refractivity contribution in [1.29, 1.82) is 0 Å². The van der Waals surface area contributed by atoms with Gasteiger partial charge in [0.15, 0.2) is 0 Å². The van der Waals surface area contributed by atoms with Crippen LogP contribution in [0.4, 0.5) is 0 Å². The van der Waals surface area contributed by atoms with Crippen LogP contribution in [0.1, 0.15) is 50.5 Å². The van der Waals surface area contributed by atoms with Crippen LogP contribution in [0.5, 0.6) is 0 Å². The van der Waals surface area contributed by atoms with Gasteiger partial charge in [-0.25, -0.2) is 4.79 Å². The number of aliphatic hydroxyl groups excluding tert-OH is 1. The third kappa shape index (κ3) is 3.30. The van der Waals surface area contributed by atoms with E-state index in [4.69, 9.17) is 4.74 Å². The molecule has 1 N–H and O–H groups in total. The summed E-state index contributed by atoms with van der Waals surface area (Å²) in [5.74, 6) is 1.72. The van der Waals surface area contributed by atoms with Crippen molar-refractivity contribution in [3.05, 3.63) is 35.2 Å². The van der Waals surface area contributed by atoms with Crippen LogP contribution >= 0.6 is 11.3 Å². The van der Waals surface area contributed by atoms with Gasteiger partial charge < -0.3 is 14.7 Å². The summed E-state index contributed by atoms with van der Waals surface area (Å²) in [6.07, 6.45) is 6.34. The summed E-state index contributed by atoms with van der Waals surface area (Å²) in [6, 6.07) is 7.42. The molecular weight excluding hydrogens is 410 g/mol. The number of amides is 1. The number of β-amino-alcohol motifs (C(OH)–C–C–N with tert-alkyl or cyclic N) is 1. The van der Waals surface area contributed by atoms with Gasteiger partial charge in [-0.2, -0.15) is 0 Å². The van der Waals surface area contributed by atoms with E-state index in [1.807, 2.05) is 23.6 Å². The average molecular weight is 440 g/mol. The second-order valence-electron chi connectivity index (χ2n) is 10.4. The second kappa shape index (κ2) is 7.31. The molecule has 4 saturated carbocycles. The standard InChI is InChI=1S/C25H29NO4S/c27-19-8-21(23(28)30-13-18-14-31-22-4-2-1-3-20(18)22)26(12-19)24(29)25-9-15-5-16(10-25)7-17(6-15)11-25/h1-4,14-17,19,21,27H,5-13H2/t15?,16?,17?,19?,21-,25?/m0/s1. The lowest BCUT2D eigenvalue weighted by atomic mass is 9.49. The number of ether oxygens (including phenoxy) is 1. The minimum Gasteiger partial charge on any atom is -0.459 e. The number of thiophene rings is 1. The van der Waals surface area contributed by atoms with Crippen molar-refractivity contribution in [1.82, 2.24) is 4.90 Å². The number of fused-ring (bicyclic) bond motifs is 1. The van der Waals surface area contributed by atoms with Crippen LogP contribution in [-0.4, -0.2) is 40.6 Å². The smallest absolute Gasteiger partial charge is 0.329 e. The SMILES string of the molecule is O=C(OCc1csc2ccccc12)[C@@H]1CC(O)CN1C(=O)C12CC3CC(CC(C3)C1)C2. The molecule has 2 heterocycles. The summed E-state index contributed by atoms with van der Waals surface area (Å²) in [5.41, 5.74) is 0.687. The molecular formula is C25H29NO4S. The molecule has 5 aliphatic rings. The summed E-state index contributed by atoms with van der Waals surface area (Å²) < 4.78 is 6.86. The lowest BCUT2D eigenvalue weighted by Gasteiger charge is -2.56. The highest BCUT2D eigenvalue weighted by atomic mass is 32.1. The zero-order chi connectivity index (χ0) is 21.2. The molecule has 5 nitrogen and oxygen atoms in total. The van der Waals surface area contributed by atoms with Crippen molar-refractivity contribution in [2.45, 2.75) is 63.7 Å². The summed E-state index contributed by atoms with van der Waals surface area (Å²) >= 11 is 1.64. The number of aliphatic hydroxyl groups is 1. The first-order valence-corrected chi connectivity index (χ1v) is 12.5. The molecule has 164 valence electrons. The fourth-order valence-electron chi connectivity index (χ4n) is 7.33. The molecule has 0 spiro atoms. The van der Waals surface area contributed by atoms with Crippen LogP contribution in [0.2, 0.25) is 0 Å². The molecule has 1 aliphatic heterocycles. The number of esters is 1. The zero-order valence-electron chi connectivity index (χ0n) is 17.7. The van der Waals surface area contributed by atoms with Crippen LogP contribution in [0.25, 0.3) is 10.1 Å². The van der Waals surface area contributed by atoms with E-state index in [1.54, 1.807) is 16.2 Å². The Hall–Kier alpha value is -1.92. The van der Waals surface area contributed by atoms with Crippen molar-refractivity contribution in [3.8, 4) is 0 Å². The van der Waals surface area contributed by atoms with Gasteiger partial charge in [-0.15, -0.1) is 11.3 Å². The van der Waals surface area contributed by atoms with Crippen molar-refractivity contribution in [3.63, 3.8) is 0 Å². The highest BCUT2D eigenvalue weighted by molar-refractivity contribution is 7.17. The van der Waals surface area contributed by atoms with E-state index in [2.05, 4.69) is 6.07 Å². The van der Waals surface area contributed by atoms with E-state index in [0.29, 0.717) is 17.8 Å². The normalized spacial score (nSPS) is 36.3. The second-order valence-corrected chi connectivity index (χ2v) is 11.3. The third-order valence-corrected chi connectivity index (χ3v) is 9.25. The Morgan fingerprint density at radius 1 is 1.06 bits per heavy atom. The zero-order valence-corrected chi connectivity index (χ0v) is 18.5. The van der Waals surface area contributed by atoms with Crippen LogP contribution in [-0.2, 0) is 20.9 Å². The van der Waals surface area contributed by atoms with Gasteiger partial charge >= 0.3 is 5.97 Å². The van der Waals surface area contributed by atoms with E-state index >= 15 is 0 Å². The Morgan fingerprint density at radius 3 is 2.45 bits per heavy atom. The molecule has 31 heavy (non-hydrogen) atoms. The maximum absolute atomic E-state index is 13.8. The molecule has 1 aromatic heterocycles. The fourth-order valence-corrected chi connectivity index (χ4v) is 8.28. The maximum atomic E-state index is 13.8. The first-order valence-electron chi connectivity index (χ1n) is 11.6. The Balaban J connectivity index is 1.18. The van der Waals surface area contributed by atoms with Crippen LogP contribution < -0.4 is 0 Å².